The Labute approximate surface area is 126 Å². The summed E-state index contributed by atoms with van der Waals surface area (Å²) in [7, 11) is 0. The van der Waals surface area contributed by atoms with Crippen molar-refractivity contribution in [2.24, 2.45) is 0 Å². The van der Waals surface area contributed by atoms with Crippen LogP contribution in [0.4, 0.5) is 0 Å². The van der Waals surface area contributed by atoms with Crippen LogP contribution in [0.3, 0.4) is 0 Å². The molecule has 116 valence electrons. The van der Waals surface area contributed by atoms with Crippen molar-refractivity contribution in [1.82, 2.24) is 0 Å². The molecule has 2 rings (SSSR count). The number of fused-ring (bicyclic) bond motifs is 1. The van der Waals surface area contributed by atoms with Crippen molar-refractivity contribution in [2.45, 2.75) is 60.0 Å². The average Bonchev–Trinajstić information content (AvgIpc) is 2.39. The maximum Gasteiger partial charge on any atom is 0.305 e. The van der Waals surface area contributed by atoms with Gasteiger partial charge in [0.25, 0.3) is 0 Å². The Morgan fingerprint density at radius 3 is 2.48 bits per heavy atom. The van der Waals surface area contributed by atoms with Gasteiger partial charge in [-0.25, -0.2) is 0 Å². The maximum absolute atomic E-state index is 10.9. The number of carbonyl (C=O) groups excluding carboxylic acids is 1. The Hall–Kier alpha value is -1.71. The van der Waals surface area contributed by atoms with Crippen LogP contribution in [0.1, 0.15) is 49.4 Å². The zero-order chi connectivity index (χ0) is 15.8. The van der Waals surface area contributed by atoms with E-state index in [-0.39, 0.29) is 18.4 Å². The summed E-state index contributed by atoms with van der Waals surface area (Å²) < 4.78 is 16.7. The molecule has 1 aromatic rings. The van der Waals surface area contributed by atoms with Gasteiger partial charge < -0.3 is 14.2 Å². The third-order valence-electron chi connectivity index (χ3n) is 4.13. The smallest absolute Gasteiger partial charge is 0.305 e. The van der Waals surface area contributed by atoms with Crippen molar-refractivity contribution in [3.05, 3.63) is 22.3 Å². The molecule has 4 nitrogen and oxygen atoms in total. The molecule has 0 bridgehead atoms. The molecule has 0 N–H and O–H groups in total. The van der Waals surface area contributed by atoms with E-state index in [2.05, 4.69) is 13.8 Å². The van der Waals surface area contributed by atoms with Crippen LogP contribution in [0.2, 0.25) is 0 Å². The van der Waals surface area contributed by atoms with Gasteiger partial charge >= 0.3 is 5.97 Å². The summed E-state index contributed by atoms with van der Waals surface area (Å²) in [6, 6.07) is 0. The predicted molar refractivity (Wildman–Crippen MR) is 80.9 cm³/mol. The standard InChI is InChI=1S/C17H24O4/c1-10-11(2)16-14(7-8-17(5,6)21-16)12(3)15(10)20-9-19-13(4)18/h7-9H2,1-6H3. The molecule has 0 saturated heterocycles. The Morgan fingerprint density at radius 1 is 1.19 bits per heavy atom. The second-order valence-electron chi connectivity index (χ2n) is 6.27. The zero-order valence-electron chi connectivity index (χ0n) is 13.8. The number of benzene rings is 1. The SMILES string of the molecule is CC(=O)OCOc1c(C)c(C)c2c(c1C)CCC(C)(C)O2. The lowest BCUT2D eigenvalue weighted by atomic mass is 9.88. The fourth-order valence-corrected chi connectivity index (χ4v) is 2.74. The molecule has 0 aliphatic carbocycles. The van der Waals surface area contributed by atoms with Gasteiger partial charge in [0.15, 0.2) is 0 Å². The van der Waals surface area contributed by atoms with E-state index in [4.69, 9.17) is 14.2 Å². The molecule has 1 aromatic carbocycles. The summed E-state index contributed by atoms with van der Waals surface area (Å²) in [4.78, 5) is 10.9. The lowest BCUT2D eigenvalue weighted by Crippen LogP contribution is -2.33. The second kappa shape index (κ2) is 5.58. The van der Waals surface area contributed by atoms with Crippen LogP contribution < -0.4 is 9.47 Å². The molecule has 1 aliphatic rings. The fraction of sp³-hybridized carbons (Fsp3) is 0.588. The number of ether oxygens (including phenoxy) is 3. The predicted octanol–water partition coefficient (Wildman–Crippen LogP) is 3.61. The molecular formula is C17H24O4. The topological polar surface area (TPSA) is 44.8 Å². The summed E-state index contributed by atoms with van der Waals surface area (Å²) in [5, 5.41) is 0. The average molecular weight is 292 g/mol. The Balaban J connectivity index is 2.37. The van der Waals surface area contributed by atoms with E-state index in [1.54, 1.807) is 0 Å². The molecule has 0 amide bonds. The minimum Gasteiger partial charge on any atom is -0.487 e. The third-order valence-corrected chi connectivity index (χ3v) is 4.13. The van der Waals surface area contributed by atoms with Gasteiger partial charge in [-0.3, -0.25) is 4.79 Å². The van der Waals surface area contributed by atoms with Crippen molar-refractivity contribution in [3.8, 4) is 11.5 Å². The van der Waals surface area contributed by atoms with Crippen LogP contribution in [0.25, 0.3) is 0 Å². The van der Waals surface area contributed by atoms with E-state index in [1.165, 1.54) is 12.5 Å². The highest BCUT2D eigenvalue weighted by Crippen LogP contribution is 2.43. The van der Waals surface area contributed by atoms with Crippen LogP contribution in [0.5, 0.6) is 11.5 Å². The Bertz CT molecular complexity index is 573. The van der Waals surface area contributed by atoms with Crippen molar-refractivity contribution in [1.29, 1.82) is 0 Å². The molecule has 1 aliphatic heterocycles. The molecule has 0 aromatic heterocycles. The van der Waals surface area contributed by atoms with Gasteiger partial charge in [0.05, 0.1) is 0 Å². The highest BCUT2D eigenvalue weighted by Gasteiger charge is 2.31. The summed E-state index contributed by atoms with van der Waals surface area (Å²) >= 11 is 0. The number of rotatable bonds is 3. The molecule has 0 radical (unpaired) electrons. The first-order valence-electron chi connectivity index (χ1n) is 7.31. The summed E-state index contributed by atoms with van der Waals surface area (Å²) in [6.45, 7) is 11.6. The molecule has 4 heteroatoms. The lowest BCUT2D eigenvalue weighted by molar-refractivity contribution is -0.147. The maximum atomic E-state index is 10.9. The van der Waals surface area contributed by atoms with Crippen LogP contribution in [0.15, 0.2) is 0 Å². The van der Waals surface area contributed by atoms with Gasteiger partial charge in [0.1, 0.15) is 17.1 Å². The van der Waals surface area contributed by atoms with Gasteiger partial charge in [-0.15, -0.1) is 0 Å². The number of esters is 1. The quantitative estimate of drug-likeness (QED) is 0.630. The molecule has 21 heavy (non-hydrogen) atoms. The number of carbonyl (C=O) groups is 1. The molecular weight excluding hydrogens is 268 g/mol. The van der Waals surface area contributed by atoms with Crippen molar-refractivity contribution in [2.75, 3.05) is 6.79 Å². The van der Waals surface area contributed by atoms with Crippen LogP contribution in [-0.2, 0) is 16.0 Å². The molecule has 0 spiro atoms. The zero-order valence-corrected chi connectivity index (χ0v) is 13.8. The van der Waals surface area contributed by atoms with E-state index in [9.17, 15) is 4.79 Å². The molecule has 1 heterocycles. The first-order valence-corrected chi connectivity index (χ1v) is 7.31. The van der Waals surface area contributed by atoms with Crippen LogP contribution >= 0.6 is 0 Å². The molecule has 0 unspecified atom stereocenters. The lowest BCUT2D eigenvalue weighted by Gasteiger charge is -2.35. The normalized spacial score (nSPS) is 15.9. The molecule has 0 atom stereocenters. The van der Waals surface area contributed by atoms with Crippen LogP contribution in [-0.4, -0.2) is 18.4 Å². The minimum absolute atomic E-state index is 0.0540. The van der Waals surface area contributed by atoms with Gasteiger partial charge in [0.2, 0.25) is 6.79 Å². The summed E-state index contributed by atoms with van der Waals surface area (Å²) in [6.07, 6.45) is 1.95. The third kappa shape index (κ3) is 3.14. The van der Waals surface area contributed by atoms with Crippen molar-refractivity contribution in [3.63, 3.8) is 0 Å². The number of hydrogen-bond donors (Lipinski definition) is 0. The summed E-state index contributed by atoms with van der Waals surface area (Å²) in [5.74, 6) is 1.45. The minimum atomic E-state index is -0.343. The van der Waals surface area contributed by atoms with Gasteiger partial charge in [0, 0.05) is 12.5 Å². The molecule has 0 saturated carbocycles. The first kappa shape index (κ1) is 15.7. The Kier molecular flexibility index (Phi) is 4.17. The molecule has 0 fully saturated rings. The summed E-state index contributed by atoms with van der Waals surface area (Å²) in [5.41, 5.74) is 4.29. The number of hydrogen-bond acceptors (Lipinski definition) is 4. The highest BCUT2D eigenvalue weighted by molar-refractivity contribution is 5.65. The van der Waals surface area contributed by atoms with Crippen molar-refractivity contribution >= 4 is 5.97 Å². The largest absolute Gasteiger partial charge is 0.487 e. The van der Waals surface area contributed by atoms with Gasteiger partial charge in [-0.2, -0.15) is 0 Å². The van der Waals surface area contributed by atoms with Gasteiger partial charge in [-0.05, 0) is 64.2 Å². The van der Waals surface area contributed by atoms with E-state index in [1.807, 2.05) is 20.8 Å². The Morgan fingerprint density at radius 2 is 1.86 bits per heavy atom. The van der Waals surface area contributed by atoms with Crippen LogP contribution in [0, 0.1) is 20.8 Å². The van der Waals surface area contributed by atoms with E-state index >= 15 is 0 Å². The van der Waals surface area contributed by atoms with Gasteiger partial charge in [-0.1, -0.05) is 0 Å². The van der Waals surface area contributed by atoms with E-state index in [0.717, 1.165) is 41.0 Å². The highest BCUT2D eigenvalue weighted by atomic mass is 16.7. The first-order chi connectivity index (χ1) is 9.73. The fourth-order valence-electron chi connectivity index (χ4n) is 2.74. The van der Waals surface area contributed by atoms with E-state index < -0.39 is 0 Å². The van der Waals surface area contributed by atoms with E-state index in [0.29, 0.717) is 0 Å². The monoisotopic (exact) mass is 292 g/mol. The van der Waals surface area contributed by atoms with Crippen molar-refractivity contribution < 1.29 is 19.0 Å². The second-order valence-corrected chi connectivity index (χ2v) is 6.27.